The Labute approximate surface area is 263 Å². The van der Waals surface area contributed by atoms with Crippen LogP contribution in [0.25, 0.3) is 0 Å². The third-order valence-electron chi connectivity index (χ3n) is 8.37. The lowest BCUT2D eigenvalue weighted by molar-refractivity contribution is -0.143. The van der Waals surface area contributed by atoms with Gasteiger partial charge in [0.25, 0.3) is 0 Å². The van der Waals surface area contributed by atoms with E-state index in [0.717, 1.165) is 74.0 Å². The Bertz CT molecular complexity index is 1410. The van der Waals surface area contributed by atoms with E-state index >= 15 is 0 Å². The van der Waals surface area contributed by atoms with Crippen molar-refractivity contribution in [1.29, 1.82) is 0 Å². The van der Waals surface area contributed by atoms with Gasteiger partial charge in [-0.1, -0.05) is 79.7 Å². The van der Waals surface area contributed by atoms with Gasteiger partial charge in [-0.25, -0.2) is 0 Å². The highest BCUT2D eigenvalue weighted by Crippen LogP contribution is 2.24. The van der Waals surface area contributed by atoms with Gasteiger partial charge < -0.3 is 14.6 Å². The lowest BCUT2D eigenvalue weighted by Gasteiger charge is -2.21. The molecule has 232 valence electrons. The second kappa shape index (κ2) is 17.2. The van der Waals surface area contributed by atoms with E-state index in [-0.39, 0.29) is 11.8 Å². The molecular formula is C39H48N2O3. The fourth-order valence-corrected chi connectivity index (χ4v) is 6.04. The SMILES string of the molecule is CCOC(=O)CCCc1cc(C(=O)c2cccc(NC(CCCc3ccccc3)CCCc3ccccc3)c2)c(CC)n1C. The highest BCUT2D eigenvalue weighted by molar-refractivity contribution is 6.10. The van der Waals surface area contributed by atoms with Crippen molar-refractivity contribution >= 4 is 17.4 Å². The second-order valence-corrected chi connectivity index (χ2v) is 11.6. The number of nitrogens with one attached hydrogen (secondary N) is 1. The smallest absolute Gasteiger partial charge is 0.305 e. The maximum Gasteiger partial charge on any atom is 0.305 e. The summed E-state index contributed by atoms with van der Waals surface area (Å²) < 4.78 is 7.19. The fourth-order valence-electron chi connectivity index (χ4n) is 6.04. The maximum absolute atomic E-state index is 13.8. The van der Waals surface area contributed by atoms with Crippen LogP contribution in [0, 0.1) is 0 Å². The van der Waals surface area contributed by atoms with E-state index in [1.54, 1.807) is 0 Å². The van der Waals surface area contributed by atoms with Crippen LogP contribution in [-0.4, -0.2) is 29.0 Å². The highest BCUT2D eigenvalue weighted by atomic mass is 16.5. The number of hydrogen-bond acceptors (Lipinski definition) is 4. The summed E-state index contributed by atoms with van der Waals surface area (Å²) >= 11 is 0. The molecule has 44 heavy (non-hydrogen) atoms. The van der Waals surface area contributed by atoms with Gasteiger partial charge in [-0.2, -0.15) is 0 Å². The van der Waals surface area contributed by atoms with Gasteiger partial charge >= 0.3 is 5.97 Å². The van der Waals surface area contributed by atoms with Crippen LogP contribution in [0.2, 0.25) is 0 Å². The largest absolute Gasteiger partial charge is 0.466 e. The van der Waals surface area contributed by atoms with Crippen LogP contribution >= 0.6 is 0 Å². The number of ketones is 1. The molecule has 5 nitrogen and oxygen atoms in total. The van der Waals surface area contributed by atoms with Crippen molar-refractivity contribution in [3.8, 4) is 0 Å². The molecule has 4 rings (SSSR count). The van der Waals surface area contributed by atoms with Gasteiger partial charge in [0.1, 0.15) is 0 Å². The van der Waals surface area contributed by atoms with E-state index in [4.69, 9.17) is 4.74 Å². The normalized spacial score (nSPS) is 11.1. The molecule has 1 heterocycles. The summed E-state index contributed by atoms with van der Waals surface area (Å²) in [6, 6.07) is 31.7. The Morgan fingerprint density at radius 1 is 0.773 bits per heavy atom. The van der Waals surface area contributed by atoms with Crippen LogP contribution in [-0.2, 0) is 42.3 Å². The van der Waals surface area contributed by atoms with Crippen LogP contribution in [0.5, 0.6) is 0 Å². The van der Waals surface area contributed by atoms with Crippen molar-refractivity contribution in [3.05, 3.63) is 125 Å². The Hall–Kier alpha value is -4.12. The number of esters is 1. The molecule has 0 radical (unpaired) electrons. The number of aromatic nitrogens is 1. The standard InChI is InChI=1S/C39H48N2O3/c1-4-37-36(29-35(41(37)3)26-15-27-38(42)44-5-2)39(43)32-22-14-25-34(28-32)40-33(23-12-20-30-16-8-6-9-17-30)24-13-21-31-18-10-7-11-19-31/h6-11,14,16-19,22,25,28-29,33,40H,4-5,12-13,15,20-21,23-24,26-27H2,1-3H3. The van der Waals surface area contributed by atoms with Gasteiger partial charge in [-0.05, 0) is 94.0 Å². The molecular weight excluding hydrogens is 544 g/mol. The minimum absolute atomic E-state index is 0.0439. The van der Waals surface area contributed by atoms with Gasteiger partial charge in [0.2, 0.25) is 0 Å². The van der Waals surface area contributed by atoms with E-state index in [1.165, 1.54) is 11.1 Å². The molecule has 4 aromatic rings. The monoisotopic (exact) mass is 592 g/mol. The molecule has 0 saturated carbocycles. The number of benzene rings is 3. The lowest BCUT2D eigenvalue weighted by Crippen LogP contribution is -2.20. The summed E-state index contributed by atoms with van der Waals surface area (Å²) in [4.78, 5) is 25.6. The fraction of sp³-hybridized carbons (Fsp3) is 0.385. The van der Waals surface area contributed by atoms with E-state index in [1.807, 2.05) is 38.2 Å². The van der Waals surface area contributed by atoms with E-state index in [0.29, 0.717) is 31.1 Å². The molecule has 1 aromatic heterocycles. The summed E-state index contributed by atoms with van der Waals surface area (Å²) in [5, 5.41) is 3.79. The first-order chi connectivity index (χ1) is 21.5. The van der Waals surface area contributed by atoms with Gasteiger partial charge in [0.15, 0.2) is 5.78 Å². The topological polar surface area (TPSA) is 60.3 Å². The number of carbonyl (C=O) groups is 2. The molecule has 1 N–H and O–H groups in total. The predicted molar refractivity (Wildman–Crippen MR) is 180 cm³/mol. The summed E-state index contributed by atoms with van der Waals surface area (Å²) in [7, 11) is 2.02. The van der Waals surface area contributed by atoms with Crippen LogP contribution in [0.1, 0.15) is 90.8 Å². The second-order valence-electron chi connectivity index (χ2n) is 11.6. The number of rotatable bonds is 18. The van der Waals surface area contributed by atoms with E-state index in [2.05, 4.69) is 83.5 Å². The Kier molecular flexibility index (Phi) is 12.8. The number of ether oxygens (including phenoxy) is 1. The molecule has 0 bridgehead atoms. The molecule has 0 unspecified atom stereocenters. The number of carbonyl (C=O) groups excluding carboxylic acids is 2. The van der Waals surface area contributed by atoms with Gasteiger partial charge in [-0.15, -0.1) is 0 Å². The summed E-state index contributed by atoms with van der Waals surface area (Å²) in [6.07, 6.45) is 9.04. The Morgan fingerprint density at radius 2 is 1.41 bits per heavy atom. The first-order valence-corrected chi connectivity index (χ1v) is 16.3. The van der Waals surface area contributed by atoms with E-state index in [9.17, 15) is 9.59 Å². The van der Waals surface area contributed by atoms with E-state index < -0.39 is 0 Å². The van der Waals surface area contributed by atoms with Crippen molar-refractivity contribution in [2.45, 2.75) is 84.1 Å². The molecule has 5 heteroatoms. The number of aryl methyl sites for hydroxylation is 3. The maximum atomic E-state index is 13.8. The molecule has 0 atom stereocenters. The summed E-state index contributed by atoms with van der Waals surface area (Å²) in [5.41, 5.74) is 7.28. The minimum atomic E-state index is -0.170. The number of hydrogen-bond donors (Lipinski definition) is 1. The molecule has 0 aliphatic carbocycles. The average molecular weight is 593 g/mol. The zero-order chi connectivity index (χ0) is 31.1. The third-order valence-corrected chi connectivity index (χ3v) is 8.37. The van der Waals surface area contributed by atoms with Gasteiger partial charge in [-0.3, -0.25) is 9.59 Å². The van der Waals surface area contributed by atoms with Crippen molar-refractivity contribution in [1.82, 2.24) is 4.57 Å². The number of nitrogens with zero attached hydrogens (tertiary/aromatic N) is 1. The third kappa shape index (κ3) is 9.70. The van der Waals surface area contributed by atoms with Crippen LogP contribution in [0.3, 0.4) is 0 Å². The number of anilines is 1. The van der Waals surface area contributed by atoms with Gasteiger partial charge in [0, 0.05) is 47.7 Å². The summed E-state index contributed by atoms with van der Waals surface area (Å²) in [5.74, 6) is -0.126. The highest BCUT2D eigenvalue weighted by Gasteiger charge is 2.20. The Balaban J connectivity index is 1.44. The zero-order valence-corrected chi connectivity index (χ0v) is 26.7. The molecule has 0 fully saturated rings. The summed E-state index contributed by atoms with van der Waals surface area (Å²) in [6.45, 7) is 4.31. The van der Waals surface area contributed by atoms with Crippen LogP contribution in [0.4, 0.5) is 5.69 Å². The van der Waals surface area contributed by atoms with Crippen molar-refractivity contribution in [2.75, 3.05) is 11.9 Å². The average Bonchev–Trinajstić information content (AvgIpc) is 3.36. The predicted octanol–water partition coefficient (Wildman–Crippen LogP) is 8.53. The van der Waals surface area contributed by atoms with Crippen molar-refractivity contribution < 1.29 is 14.3 Å². The van der Waals surface area contributed by atoms with Crippen molar-refractivity contribution in [2.24, 2.45) is 7.05 Å². The minimum Gasteiger partial charge on any atom is -0.466 e. The first-order valence-electron chi connectivity index (χ1n) is 16.3. The first kappa shape index (κ1) is 32.8. The molecule has 3 aromatic carbocycles. The molecule has 0 spiro atoms. The quantitative estimate of drug-likeness (QED) is 0.0929. The Morgan fingerprint density at radius 3 is 2.00 bits per heavy atom. The lowest BCUT2D eigenvalue weighted by atomic mass is 9.98. The van der Waals surface area contributed by atoms with Crippen LogP contribution < -0.4 is 5.32 Å². The van der Waals surface area contributed by atoms with Crippen LogP contribution in [0.15, 0.2) is 91.0 Å². The molecule has 0 aliphatic rings. The van der Waals surface area contributed by atoms with Crippen molar-refractivity contribution in [3.63, 3.8) is 0 Å². The molecule has 0 saturated heterocycles. The molecule has 0 amide bonds. The zero-order valence-electron chi connectivity index (χ0n) is 26.7. The van der Waals surface area contributed by atoms with Gasteiger partial charge in [0.05, 0.1) is 6.61 Å². The molecule has 0 aliphatic heterocycles.